The summed E-state index contributed by atoms with van der Waals surface area (Å²) in [6.45, 7) is 4.59. The van der Waals surface area contributed by atoms with Crippen molar-refractivity contribution in [1.82, 2.24) is 0 Å². The first-order valence-corrected chi connectivity index (χ1v) is 16.9. The Morgan fingerprint density at radius 2 is 0.773 bits per heavy atom. The van der Waals surface area contributed by atoms with Gasteiger partial charge in [-0.15, -0.1) is 0 Å². The lowest BCUT2D eigenvalue weighted by Gasteiger charge is -2.29. The van der Waals surface area contributed by atoms with Crippen molar-refractivity contribution in [1.29, 1.82) is 0 Å². The van der Waals surface area contributed by atoms with E-state index in [1.54, 1.807) is 0 Å². The van der Waals surface area contributed by atoms with E-state index in [0.717, 1.165) is 61.3 Å². The lowest BCUT2D eigenvalue weighted by atomic mass is 9.77. The number of hydrogen-bond donors (Lipinski definition) is 2. The molecular formula is C40H36N2O2. The van der Waals surface area contributed by atoms with Gasteiger partial charge in [-0.1, -0.05) is 36.4 Å². The van der Waals surface area contributed by atoms with Gasteiger partial charge < -0.3 is 20.0 Å². The van der Waals surface area contributed by atoms with Gasteiger partial charge in [0.15, 0.2) is 0 Å². The van der Waals surface area contributed by atoms with Crippen molar-refractivity contribution in [3.05, 3.63) is 105 Å². The molecule has 2 aliphatic heterocycles. The van der Waals surface area contributed by atoms with Crippen LogP contribution in [-0.4, -0.2) is 36.4 Å². The van der Waals surface area contributed by atoms with E-state index in [2.05, 4.69) is 70.5 Å². The summed E-state index contributed by atoms with van der Waals surface area (Å²) in [6.07, 6.45) is 7.01. The van der Waals surface area contributed by atoms with Gasteiger partial charge in [-0.3, -0.25) is 0 Å². The lowest BCUT2D eigenvalue weighted by Crippen LogP contribution is -2.17. The van der Waals surface area contributed by atoms with Crippen LogP contribution in [0.3, 0.4) is 0 Å². The maximum absolute atomic E-state index is 12.1. The van der Waals surface area contributed by atoms with E-state index in [9.17, 15) is 10.2 Å². The molecule has 4 bridgehead atoms. The van der Waals surface area contributed by atoms with E-state index in [0.29, 0.717) is 11.5 Å². The molecule has 4 nitrogen and oxygen atoms in total. The molecule has 218 valence electrons. The molecule has 4 heteroatoms. The number of rotatable bonds is 2. The fourth-order valence-corrected chi connectivity index (χ4v) is 10.5. The van der Waals surface area contributed by atoms with Gasteiger partial charge in [0.2, 0.25) is 0 Å². The van der Waals surface area contributed by atoms with Crippen molar-refractivity contribution in [2.75, 3.05) is 36.0 Å². The molecule has 0 radical (unpaired) electrons. The molecule has 2 saturated heterocycles. The van der Waals surface area contributed by atoms with Crippen LogP contribution in [0.1, 0.15) is 107 Å². The summed E-state index contributed by atoms with van der Waals surface area (Å²) in [6, 6.07) is 23.4. The Kier molecular flexibility index (Phi) is 4.56. The predicted octanol–water partition coefficient (Wildman–Crippen LogP) is 8.57. The average Bonchev–Trinajstić information content (AvgIpc) is 3.89. The largest absolute Gasteiger partial charge is 0.507 e. The zero-order chi connectivity index (χ0) is 28.8. The molecule has 2 fully saturated rings. The second-order valence-electron chi connectivity index (χ2n) is 14.4. The Labute approximate surface area is 257 Å². The number of fused-ring (bicyclic) bond motifs is 18. The molecule has 0 aromatic heterocycles. The van der Waals surface area contributed by atoms with E-state index >= 15 is 0 Å². The minimum Gasteiger partial charge on any atom is -0.507 e. The van der Waals surface area contributed by atoms with Crippen LogP contribution >= 0.6 is 0 Å². The molecule has 2 heterocycles. The van der Waals surface area contributed by atoms with Crippen molar-refractivity contribution in [2.45, 2.75) is 62.2 Å². The van der Waals surface area contributed by atoms with Gasteiger partial charge in [-0.05, 0) is 107 Å². The maximum atomic E-state index is 12.1. The van der Waals surface area contributed by atoms with Crippen LogP contribution in [0.15, 0.2) is 60.7 Å². The van der Waals surface area contributed by atoms with Crippen LogP contribution in [0.4, 0.5) is 11.4 Å². The normalized spacial score (nSPS) is 25.4. The van der Waals surface area contributed by atoms with Gasteiger partial charge in [0, 0.05) is 83.5 Å². The second kappa shape index (κ2) is 8.29. The number of nitrogens with zero attached hydrogens (tertiary/aromatic N) is 2. The van der Waals surface area contributed by atoms with Crippen molar-refractivity contribution in [2.24, 2.45) is 0 Å². The topological polar surface area (TPSA) is 46.9 Å². The highest BCUT2D eigenvalue weighted by Gasteiger charge is 2.52. The Hall–Kier alpha value is -4.18. The molecule has 0 spiro atoms. The monoisotopic (exact) mass is 576 g/mol. The minimum absolute atomic E-state index is 0.152. The number of aromatic hydroxyl groups is 2. The molecule has 6 aliphatic rings. The summed E-state index contributed by atoms with van der Waals surface area (Å²) in [5.41, 5.74) is 12.1. The van der Waals surface area contributed by atoms with Crippen molar-refractivity contribution < 1.29 is 10.2 Å². The fraction of sp³-hybridized carbons (Fsp3) is 0.350. The van der Waals surface area contributed by atoms with Crippen LogP contribution in [0.5, 0.6) is 11.5 Å². The van der Waals surface area contributed by atoms with Gasteiger partial charge in [-0.25, -0.2) is 0 Å². The standard InChI is InChI=1S/C40H36N2O2/c43-39-35-31-19-33(29-17-23-13-25(41-9-1-2-10-41)7-5-21(23)15-27(29)31)37(35)40(44)38-34-20-32(36(38)39)28-16-22-6-8-26(42-11-3-4-12-42)14-24(22)18-30(28)34/h5-8,13-18,31-34,43-44H,1-4,9-12,19-20H2/t31-,32+,33+,34-. The van der Waals surface area contributed by atoms with Crippen molar-refractivity contribution in [3.8, 4) is 11.5 Å². The van der Waals surface area contributed by atoms with Gasteiger partial charge in [0.25, 0.3) is 0 Å². The van der Waals surface area contributed by atoms with Gasteiger partial charge in [-0.2, -0.15) is 0 Å². The number of phenols is 2. The first-order chi connectivity index (χ1) is 21.6. The van der Waals surface area contributed by atoms with Crippen LogP contribution in [0, 0.1) is 0 Å². The van der Waals surface area contributed by atoms with Gasteiger partial charge in [0.05, 0.1) is 0 Å². The Morgan fingerprint density at radius 3 is 1.14 bits per heavy atom. The van der Waals surface area contributed by atoms with E-state index in [-0.39, 0.29) is 23.7 Å². The predicted molar refractivity (Wildman–Crippen MR) is 177 cm³/mol. The molecule has 5 aromatic carbocycles. The van der Waals surface area contributed by atoms with Gasteiger partial charge >= 0.3 is 0 Å². The summed E-state index contributed by atoms with van der Waals surface area (Å²) < 4.78 is 0. The van der Waals surface area contributed by atoms with Crippen LogP contribution in [0.2, 0.25) is 0 Å². The number of phenolic OH excluding ortho intramolecular Hbond substituents is 2. The molecule has 5 aromatic rings. The van der Waals surface area contributed by atoms with E-state index in [1.807, 2.05) is 0 Å². The summed E-state index contributed by atoms with van der Waals surface area (Å²) in [5.74, 6) is 1.56. The third-order valence-corrected chi connectivity index (χ3v) is 12.4. The molecule has 0 saturated carbocycles. The van der Waals surface area contributed by atoms with Crippen LogP contribution in [0.25, 0.3) is 21.5 Å². The van der Waals surface area contributed by atoms with Crippen molar-refractivity contribution >= 4 is 32.9 Å². The molecule has 44 heavy (non-hydrogen) atoms. The van der Waals surface area contributed by atoms with Crippen LogP contribution in [-0.2, 0) is 0 Å². The Bertz CT molecular complexity index is 1960. The molecule has 0 amide bonds. The highest BCUT2D eigenvalue weighted by Crippen LogP contribution is 2.69. The lowest BCUT2D eigenvalue weighted by molar-refractivity contribution is 0.440. The second-order valence-corrected chi connectivity index (χ2v) is 14.4. The average molecular weight is 577 g/mol. The zero-order valence-corrected chi connectivity index (χ0v) is 24.9. The minimum atomic E-state index is 0.152. The third-order valence-electron chi connectivity index (χ3n) is 12.4. The zero-order valence-electron chi connectivity index (χ0n) is 24.9. The van der Waals surface area contributed by atoms with Crippen LogP contribution < -0.4 is 9.80 Å². The molecule has 0 unspecified atom stereocenters. The number of benzene rings is 5. The first kappa shape index (κ1) is 24.2. The fourth-order valence-electron chi connectivity index (χ4n) is 10.5. The number of anilines is 2. The Balaban J connectivity index is 1.03. The third kappa shape index (κ3) is 2.95. The molecule has 2 N–H and O–H groups in total. The smallest absolute Gasteiger partial charge is 0.124 e. The highest BCUT2D eigenvalue weighted by atomic mass is 16.3. The number of hydrogen-bond acceptors (Lipinski definition) is 4. The summed E-state index contributed by atoms with van der Waals surface area (Å²) in [7, 11) is 0. The first-order valence-electron chi connectivity index (χ1n) is 16.9. The molecular weight excluding hydrogens is 540 g/mol. The summed E-state index contributed by atoms with van der Waals surface area (Å²) >= 11 is 0. The maximum Gasteiger partial charge on any atom is 0.124 e. The summed E-state index contributed by atoms with van der Waals surface area (Å²) in [5, 5.41) is 29.3. The van der Waals surface area contributed by atoms with E-state index in [4.69, 9.17) is 0 Å². The van der Waals surface area contributed by atoms with Crippen molar-refractivity contribution in [3.63, 3.8) is 0 Å². The van der Waals surface area contributed by atoms with E-state index < -0.39 is 0 Å². The molecule has 4 aliphatic carbocycles. The SMILES string of the molecule is Oc1c2c(c(O)c3c1[C@H]1C[C@@H]3c3cc4cc(N5CCCC5)ccc4cc31)[C@H]1C[C@@H]2c2cc3ccc(N4CCCC4)cc3cc21. The quantitative estimate of drug-likeness (QED) is 0.207. The summed E-state index contributed by atoms with van der Waals surface area (Å²) in [4.78, 5) is 5.01. The highest BCUT2D eigenvalue weighted by molar-refractivity contribution is 5.91. The van der Waals surface area contributed by atoms with Gasteiger partial charge in [0.1, 0.15) is 11.5 Å². The van der Waals surface area contributed by atoms with E-state index in [1.165, 1.54) is 80.9 Å². The molecule has 11 rings (SSSR count). The molecule has 4 atom stereocenters. The Morgan fingerprint density at radius 1 is 0.432 bits per heavy atom.